The molecule has 0 radical (unpaired) electrons. The quantitative estimate of drug-likeness (QED) is 0.634. The Labute approximate surface area is 142 Å². The fourth-order valence-corrected chi connectivity index (χ4v) is 2.90. The van der Waals surface area contributed by atoms with Crippen LogP contribution in [0.5, 0.6) is 0 Å². The topological polar surface area (TPSA) is 25.8 Å². The molecule has 2 heterocycles. The van der Waals surface area contributed by atoms with E-state index in [0.29, 0.717) is 0 Å². The number of hydrogen-bond donors (Lipinski definition) is 0. The van der Waals surface area contributed by atoms with E-state index in [1.54, 1.807) is 0 Å². The van der Waals surface area contributed by atoms with Gasteiger partial charge in [-0.1, -0.05) is 39.8 Å². The molecule has 0 bridgehead atoms. The Hall–Kier alpha value is -1.70. The van der Waals surface area contributed by atoms with Gasteiger partial charge in [0.15, 0.2) is 0 Å². The third-order valence-electron chi connectivity index (χ3n) is 3.94. The first-order valence-electron chi connectivity index (χ1n) is 9.29. The van der Waals surface area contributed by atoms with Crippen molar-refractivity contribution in [3.63, 3.8) is 0 Å². The molecular weight excluding hydrogens is 280 g/mol. The molecule has 0 spiro atoms. The lowest BCUT2D eigenvalue weighted by atomic mass is 9.96. The molecule has 2 nitrogen and oxygen atoms in total. The lowest BCUT2D eigenvalue weighted by Crippen LogP contribution is -2.03. The molecule has 4 rings (SSSR count). The van der Waals surface area contributed by atoms with Gasteiger partial charge in [0.25, 0.3) is 0 Å². The fourth-order valence-electron chi connectivity index (χ4n) is 2.90. The van der Waals surface area contributed by atoms with Crippen LogP contribution >= 0.6 is 0 Å². The van der Waals surface area contributed by atoms with Gasteiger partial charge in [-0.25, -0.2) is 0 Å². The smallest absolute Gasteiger partial charge is 0.0435 e. The molecule has 0 unspecified atom stereocenters. The van der Waals surface area contributed by atoms with Gasteiger partial charge in [-0.05, 0) is 68.2 Å². The Balaban J connectivity index is 0.000000190. The number of aromatic nitrogens is 2. The van der Waals surface area contributed by atoms with E-state index in [4.69, 9.17) is 0 Å². The summed E-state index contributed by atoms with van der Waals surface area (Å²) >= 11 is 0. The van der Waals surface area contributed by atoms with E-state index < -0.39 is 0 Å². The summed E-state index contributed by atoms with van der Waals surface area (Å²) in [5.41, 5.74) is 5.57. The molecule has 0 N–H and O–H groups in total. The zero-order chi connectivity index (χ0) is 16.9. The second-order valence-corrected chi connectivity index (χ2v) is 5.28. The van der Waals surface area contributed by atoms with Gasteiger partial charge in [0.1, 0.15) is 0 Å². The monoisotopic (exact) mass is 312 g/mol. The normalized spacial score (nSPS) is 13.7. The number of fused-ring (bicyclic) bond motifs is 2. The summed E-state index contributed by atoms with van der Waals surface area (Å²) in [6, 6.07) is 8.42. The van der Waals surface area contributed by atoms with Crippen LogP contribution < -0.4 is 0 Å². The Morgan fingerprint density at radius 2 is 1.04 bits per heavy atom. The number of rotatable bonds is 0. The number of nitrogens with zero attached hydrogens (tertiary/aromatic N) is 2. The van der Waals surface area contributed by atoms with Crippen molar-refractivity contribution >= 4 is 0 Å². The lowest BCUT2D eigenvalue weighted by molar-refractivity contribution is 0.668. The maximum atomic E-state index is 4.32. The minimum absolute atomic E-state index is 1.19. The molecule has 2 aliphatic rings. The predicted octanol–water partition coefficient (Wildman–Crippen LogP) is 5.58. The van der Waals surface area contributed by atoms with Crippen LogP contribution in [-0.2, 0) is 25.7 Å². The SMILES string of the molecule is CC.CC.c1cnc2c(c1)CCC2.c1cnc2c(c1)CCCC2. The maximum Gasteiger partial charge on any atom is 0.0435 e. The van der Waals surface area contributed by atoms with Crippen LogP contribution in [0.15, 0.2) is 36.7 Å². The van der Waals surface area contributed by atoms with Gasteiger partial charge >= 0.3 is 0 Å². The first kappa shape index (κ1) is 19.3. The highest BCUT2D eigenvalue weighted by Gasteiger charge is 2.09. The summed E-state index contributed by atoms with van der Waals surface area (Å²) in [5.74, 6) is 0. The highest BCUT2D eigenvalue weighted by atomic mass is 14.7. The Morgan fingerprint density at radius 1 is 0.609 bits per heavy atom. The van der Waals surface area contributed by atoms with Crippen LogP contribution in [0.1, 0.15) is 69.5 Å². The average molecular weight is 313 g/mol. The summed E-state index contributed by atoms with van der Waals surface area (Å²) in [6.07, 6.45) is 12.6. The van der Waals surface area contributed by atoms with E-state index in [0.717, 1.165) is 0 Å². The van der Waals surface area contributed by atoms with Crippen molar-refractivity contribution in [1.29, 1.82) is 0 Å². The van der Waals surface area contributed by atoms with Crippen molar-refractivity contribution < 1.29 is 0 Å². The molecule has 0 amide bonds. The number of aryl methyl sites for hydroxylation is 4. The second kappa shape index (κ2) is 11.8. The molecule has 2 heteroatoms. The Bertz CT molecular complexity index is 501. The third-order valence-corrected chi connectivity index (χ3v) is 3.94. The fraction of sp³-hybridized carbons (Fsp3) is 0.524. The molecule has 0 aromatic carbocycles. The second-order valence-electron chi connectivity index (χ2n) is 5.28. The van der Waals surface area contributed by atoms with Crippen molar-refractivity contribution in [1.82, 2.24) is 9.97 Å². The van der Waals surface area contributed by atoms with Crippen molar-refractivity contribution in [3.05, 3.63) is 59.2 Å². The summed E-state index contributed by atoms with van der Waals surface area (Å²) in [5, 5.41) is 0. The van der Waals surface area contributed by atoms with Gasteiger partial charge in [0, 0.05) is 23.8 Å². The van der Waals surface area contributed by atoms with E-state index in [-0.39, 0.29) is 0 Å². The van der Waals surface area contributed by atoms with Crippen molar-refractivity contribution in [2.45, 2.75) is 72.6 Å². The van der Waals surface area contributed by atoms with Crippen molar-refractivity contribution in [3.8, 4) is 0 Å². The van der Waals surface area contributed by atoms with Gasteiger partial charge in [-0.15, -0.1) is 0 Å². The lowest BCUT2D eigenvalue weighted by Gasteiger charge is -2.12. The Kier molecular flexibility index (Phi) is 9.94. The molecule has 2 aromatic rings. The van der Waals surface area contributed by atoms with E-state index in [2.05, 4.69) is 22.1 Å². The van der Waals surface area contributed by atoms with Gasteiger partial charge in [0.05, 0.1) is 0 Å². The summed E-state index contributed by atoms with van der Waals surface area (Å²) in [6.45, 7) is 8.00. The van der Waals surface area contributed by atoms with E-state index in [9.17, 15) is 0 Å². The molecule has 2 aromatic heterocycles. The van der Waals surface area contributed by atoms with Crippen LogP contribution in [0, 0.1) is 0 Å². The predicted molar refractivity (Wildman–Crippen MR) is 99.8 cm³/mol. The van der Waals surface area contributed by atoms with Crippen LogP contribution in [0.4, 0.5) is 0 Å². The van der Waals surface area contributed by atoms with Crippen molar-refractivity contribution in [2.75, 3.05) is 0 Å². The number of pyridine rings is 2. The van der Waals surface area contributed by atoms with Gasteiger partial charge < -0.3 is 0 Å². The molecule has 0 aliphatic heterocycles. The third kappa shape index (κ3) is 6.13. The summed E-state index contributed by atoms with van der Waals surface area (Å²) in [7, 11) is 0. The molecule has 2 aliphatic carbocycles. The molecule has 0 fully saturated rings. The molecule has 126 valence electrons. The highest BCUT2D eigenvalue weighted by Crippen LogP contribution is 2.18. The maximum absolute atomic E-state index is 4.32. The highest BCUT2D eigenvalue weighted by molar-refractivity contribution is 5.23. The first-order chi connectivity index (χ1) is 11.4. The number of hydrogen-bond acceptors (Lipinski definition) is 2. The minimum atomic E-state index is 1.19. The molecular formula is C21H32N2. The van der Waals surface area contributed by atoms with Gasteiger partial charge in [0.2, 0.25) is 0 Å². The Morgan fingerprint density at radius 3 is 1.57 bits per heavy atom. The van der Waals surface area contributed by atoms with E-state index in [1.807, 2.05) is 52.2 Å². The summed E-state index contributed by atoms with van der Waals surface area (Å²) < 4.78 is 0. The van der Waals surface area contributed by atoms with Gasteiger partial charge in [-0.2, -0.15) is 0 Å². The van der Waals surface area contributed by atoms with Crippen LogP contribution in [0.25, 0.3) is 0 Å². The summed E-state index contributed by atoms with van der Waals surface area (Å²) in [4.78, 5) is 8.58. The molecule has 23 heavy (non-hydrogen) atoms. The van der Waals surface area contributed by atoms with Crippen LogP contribution in [-0.4, -0.2) is 9.97 Å². The van der Waals surface area contributed by atoms with E-state index >= 15 is 0 Å². The van der Waals surface area contributed by atoms with Gasteiger partial charge in [-0.3, -0.25) is 9.97 Å². The molecule has 0 saturated carbocycles. The minimum Gasteiger partial charge on any atom is -0.261 e. The zero-order valence-corrected chi connectivity index (χ0v) is 15.3. The first-order valence-corrected chi connectivity index (χ1v) is 9.29. The average Bonchev–Trinajstić information content (AvgIpc) is 3.14. The molecule has 0 atom stereocenters. The zero-order valence-electron chi connectivity index (χ0n) is 15.3. The van der Waals surface area contributed by atoms with E-state index in [1.165, 1.54) is 67.5 Å². The van der Waals surface area contributed by atoms with Crippen molar-refractivity contribution in [2.24, 2.45) is 0 Å². The van der Waals surface area contributed by atoms with Crippen LogP contribution in [0.2, 0.25) is 0 Å². The largest absolute Gasteiger partial charge is 0.261 e. The standard InChI is InChI=1S/C9H11N.C8H9N.2C2H6/c1-2-6-9-8(4-1)5-3-7-10-9;1-3-7-4-2-6-9-8(7)5-1;2*1-2/h3,5,7H,1-2,4,6H2;2,4,6H,1,3,5H2;2*1-2H3. The molecule has 0 saturated heterocycles. The van der Waals surface area contributed by atoms with Crippen LogP contribution in [0.3, 0.4) is 0 Å².